The molecule has 1 atom stereocenters. The van der Waals surface area contributed by atoms with E-state index in [9.17, 15) is 4.79 Å². The monoisotopic (exact) mass is 396 g/mol. The summed E-state index contributed by atoms with van der Waals surface area (Å²) in [6.07, 6.45) is 14.1. The van der Waals surface area contributed by atoms with Gasteiger partial charge in [0.1, 0.15) is 0 Å². The third-order valence-corrected chi connectivity index (χ3v) is 5.13. The summed E-state index contributed by atoms with van der Waals surface area (Å²) in [6.45, 7) is 3.08. The highest BCUT2D eigenvalue weighted by Crippen LogP contribution is 2.10. The molecular formula is C23H41ClN2O. The number of carbonyl (C=O) groups excluding carboxylic acids is 1. The van der Waals surface area contributed by atoms with Crippen LogP contribution in [0.5, 0.6) is 0 Å². The van der Waals surface area contributed by atoms with Crippen LogP contribution in [0, 0.1) is 0 Å². The highest BCUT2D eigenvalue weighted by Gasteiger charge is 2.24. The molecule has 1 unspecified atom stereocenters. The zero-order valence-electron chi connectivity index (χ0n) is 17.7. The molecule has 3 nitrogen and oxygen atoms in total. The van der Waals surface area contributed by atoms with Crippen molar-refractivity contribution in [3.63, 3.8) is 0 Å². The fraction of sp³-hybridized carbons (Fsp3) is 0.696. The fourth-order valence-corrected chi connectivity index (χ4v) is 3.36. The van der Waals surface area contributed by atoms with Gasteiger partial charge in [0, 0.05) is 13.0 Å². The highest BCUT2D eigenvalue weighted by molar-refractivity contribution is 5.80. The molecule has 4 heteroatoms. The molecule has 1 aromatic rings. The van der Waals surface area contributed by atoms with Gasteiger partial charge in [-0.2, -0.15) is 0 Å². The quantitative estimate of drug-likeness (QED) is 0.422. The number of likely N-dealkylation sites (N-methyl/N-ethyl adjacent to an activating group) is 1. The van der Waals surface area contributed by atoms with Gasteiger partial charge in [0.25, 0.3) is 5.91 Å². The summed E-state index contributed by atoms with van der Waals surface area (Å²) >= 11 is 0. The van der Waals surface area contributed by atoms with E-state index in [1.807, 2.05) is 18.2 Å². The lowest BCUT2D eigenvalue weighted by molar-refractivity contribution is -0.875. The molecule has 2 N–H and O–H groups in total. The van der Waals surface area contributed by atoms with Gasteiger partial charge in [0.2, 0.25) is 0 Å². The second-order valence-electron chi connectivity index (χ2n) is 7.79. The van der Waals surface area contributed by atoms with Gasteiger partial charge in [-0.25, -0.2) is 0 Å². The molecular weight excluding hydrogens is 356 g/mol. The first-order valence-electron chi connectivity index (χ1n) is 10.8. The van der Waals surface area contributed by atoms with Crippen molar-refractivity contribution in [3.05, 3.63) is 35.9 Å². The maximum Gasteiger partial charge on any atom is 0.278 e. The first kappa shape index (κ1) is 25.9. The molecule has 156 valence electrons. The van der Waals surface area contributed by atoms with Crippen LogP contribution in [0.4, 0.5) is 0 Å². The van der Waals surface area contributed by atoms with Crippen molar-refractivity contribution in [2.24, 2.45) is 0 Å². The van der Waals surface area contributed by atoms with Crippen molar-refractivity contribution in [2.75, 3.05) is 20.6 Å². The summed E-state index contributed by atoms with van der Waals surface area (Å²) in [7, 11) is 4.13. The molecule has 0 radical (unpaired) electrons. The van der Waals surface area contributed by atoms with Crippen LogP contribution in [0.15, 0.2) is 30.3 Å². The van der Waals surface area contributed by atoms with E-state index < -0.39 is 0 Å². The van der Waals surface area contributed by atoms with E-state index in [-0.39, 0.29) is 24.4 Å². The maximum atomic E-state index is 12.5. The Morgan fingerprint density at radius 3 is 1.93 bits per heavy atom. The Morgan fingerprint density at radius 2 is 1.41 bits per heavy atom. The van der Waals surface area contributed by atoms with Crippen molar-refractivity contribution >= 4 is 5.91 Å². The Kier molecular flexibility index (Phi) is 16.4. The predicted molar refractivity (Wildman–Crippen MR) is 112 cm³/mol. The summed E-state index contributed by atoms with van der Waals surface area (Å²) in [6, 6.07) is 10.3. The van der Waals surface area contributed by atoms with Gasteiger partial charge in [-0.3, -0.25) is 4.79 Å². The topological polar surface area (TPSA) is 33.5 Å². The van der Waals surface area contributed by atoms with E-state index in [4.69, 9.17) is 0 Å². The van der Waals surface area contributed by atoms with Gasteiger partial charge in [-0.05, 0) is 12.0 Å². The Balaban J connectivity index is 0.00000676. The lowest BCUT2D eigenvalue weighted by atomic mass is 10.0. The third-order valence-electron chi connectivity index (χ3n) is 5.13. The Hall–Kier alpha value is -1.06. The number of halogens is 1. The van der Waals surface area contributed by atoms with Crippen molar-refractivity contribution in [2.45, 2.75) is 83.6 Å². The fourth-order valence-electron chi connectivity index (χ4n) is 3.36. The molecule has 1 amide bonds. The van der Waals surface area contributed by atoms with Crippen LogP contribution in [0.1, 0.15) is 76.7 Å². The number of nitrogens with one attached hydrogen (secondary N) is 2. The summed E-state index contributed by atoms with van der Waals surface area (Å²) in [5, 5.41) is 3.15. The normalized spacial score (nSPS) is 11.9. The number of unbranched alkanes of at least 4 members (excludes halogenated alkanes) is 9. The van der Waals surface area contributed by atoms with Crippen LogP contribution in [-0.2, 0) is 11.2 Å². The van der Waals surface area contributed by atoms with E-state index in [2.05, 4.69) is 38.5 Å². The standard InChI is InChI=1S/C23H40N2O.ClH/c1-4-5-6-7-8-9-10-11-12-16-19-24-23(26)22(25(2)3)20-21-17-14-13-15-18-21;/h13-15,17-18,22H,4-12,16,19-20H2,1-3H3,(H,24,26);1H. The molecule has 0 saturated heterocycles. The molecule has 0 fully saturated rings. The van der Waals surface area contributed by atoms with Crippen LogP contribution >= 0.6 is 0 Å². The van der Waals surface area contributed by atoms with Crippen LogP contribution in [0.25, 0.3) is 0 Å². The molecule has 27 heavy (non-hydrogen) atoms. The molecule has 0 saturated carbocycles. The van der Waals surface area contributed by atoms with E-state index in [0.29, 0.717) is 0 Å². The summed E-state index contributed by atoms with van der Waals surface area (Å²) < 4.78 is 0. The average molecular weight is 397 g/mol. The van der Waals surface area contributed by atoms with Gasteiger partial charge in [0.05, 0.1) is 14.1 Å². The Morgan fingerprint density at radius 1 is 0.889 bits per heavy atom. The van der Waals surface area contributed by atoms with Crippen molar-refractivity contribution in [1.82, 2.24) is 5.32 Å². The molecule has 0 aromatic heterocycles. The van der Waals surface area contributed by atoms with Crippen LogP contribution in [-0.4, -0.2) is 32.6 Å². The third kappa shape index (κ3) is 12.9. The van der Waals surface area contributed by atoms with Crippen molar-refractivity contribution in [3.8, 4) is 0 Å². The molecule has 0 spiro atoms. The van der Waals surface area contributed by atoms with E-state index >= 15 is 0 Å². The molecule has 0 aliphatic carbocycles. The predicted octanol–water partition coefficient (Wildman–Crippen LogP) is 0.783. The van der Waals surface area contributed by atoms with E-state index in [0.717, 1.165) is 19.4 Å². The first-order valence-corrected chi connectivity index (χ1v) is 10.8. The maximum absolute atomic E-state index is 12.5. The molecule has 0 aliphatic heterocycles. The molecule has 0 heterocycles. The van der Waals surface area contributed by atoms with Gasteiger partial charge in [-0.15, -0.1) is 0 Å². The van der Waals surface area contributed by atoms with Crippen molar-refractivity contribution in [1.29, 1.82) is 0 Å². The molecule has 1 rings (SSSR count). The minimum atomic E-state index is -0.0134. The largest absolute Gasteiger partial charge is 1.00 e. The number of hydrogen-bond acceptors (Lipinski definition) is 1. The van der Waals surface area contributed by atoms with Crippen LogP contribution in [0.2, 0.25) is 0 Å². The molecule has 1 aromatic carbocycles. The summed E-state index contributed by atoms with van der Waals surface area (Å²) in [5.41, 5.74) is 1.23. The SMILES string of the molecule is CCCCCCCCCCCCNC(=O)C(Cc1ccccc1)[NH+](C)C.[Cl-]. The lowest BCUT2D eigenvalue weighted by Crippen LogP contribution is -3.12. The minimum Gasteiger partial charge on any atom is -1.00 e. The van der Waals surface area contributed by atoms with E-state index in [1.54, 1.807) is 0 Å². The number of benzene rings is 1. The second-order valence-corrected chi connectivity index (χ2v) is 7.79. The highest BCUT2D eigenvalue weighted by atomic mass is 35.5. The number of hydrogen-bond donors (Lipinski definition) is 2. The van der Waals surface area contributed by atoms with Crippen LogP contribution < -0.4 is 22.6 Å². The summed E-state index contributed by atoms with van der Waals surface area (Å²) in [4.78, 5) is 13.7. The smallest absolute Gasteiger partial charge is 0.278 e. The lowest BCUT2D eigenvalue weighted by Gasteiger charge is -2.20. The zero-order valence-corrected chi connectivity index (χ0v) is 18.5. The van der Waals surface area contributed by atoms with Crippen LogP contribution in [0.3, 0.4) is 0 Å². The van der Waals surface area contributed by atoms with Gasteiger partial charge < -0.3 is 22.6 Å². The first-order chi connectivity index (χ1) is 12.6. The van der Waals surface area contributed by atoms with Crippen molar-refractivity contribution < 1.29 is 22.1 Å². The average Bonchev–Trinajstić information content (AvgIpc) is 2.64. The zero-order chi connectivity index (χ0) is 19.0. The molecule has 0 aliphatic rings. The number of quaternary nitrogens is 1. The Bertz CT molecular complexity index is 465. The molecule has 0 bridgehead atoms. The number of carbonyl (C=O) groups is 1. The van der Waals surface area contributed by atoms with Gasteiger partial charge in [0.15, 0.2) is 6.04 Å². The number of rotatable bonds is 15. The van der Waals surface area contributed by atoms with Gasteiger partial charge in [-0.1, -0.05) is 95.0 Å². The van der Waals surface area contributed by atoms with E-state index in [1.165, 1.54) is 68.3 Å². The second kappa shape index (κ2) is 17.1. The Labute approximate surface area is 173 Å². The summed E-state index contributed by atoms with van der Waals surface area (Å²) in [5.74, 6) is 0.185. The minimum absolute atomic E-state index is 0. The number of amides is 1. The van der Waals surface area contributed by atoms with Gasteiger partial charge >= 0.3 is 0 Å².